The lowest BCUT2D eigenvalue weighted by Gasteiger charge is -2.18. The normalized spacial score (nSPS) is 30.6. The molecule has 0 unspecified atom stereocenters. The standard InChI is InChI=1S/C7H13N/c1-6-3-2-4-7(8)5-6/h7H,1-5,8H2/t7-/m1/s1. The Morgan fingerprint density at radius 3 is 2.75 bits per heavy atom. The van der Waals surface area contributed by atoms with Crippen LogP contribution in [0.3, 0.4) is 0 Å². The number of rotatable bonds is 0. The second kappa shape index (κ2) is 2.31. The van der Waals surface area contributed by atoms with Gasteiger partial charge in [0, 0.05) is 6.04 Å². The van der Waals surface area contributed by atoms with Crippen LogP contribution < -0.4 is 5.73 Å². The van der Waals surface area contributed by atoms with Gasteiger partial charge in [-0.25, -0.2) is 0 Å². The SMILES string of the molecule is C=C1CCC[C@@H](N)C1. The van der Waals surface area contributed by atoms with Crippen LogP contribution in [0.25, 0.3) is 0 Å². The van der Waals surface area contributed by atoms with E-state index in [1.165, 1.54) is 24.8 Å². The molecule has 0 aromatic heterocycles. The van der Waals surface area contributed by atoms with E-state index >= 15 is 0 Å². The summed E-state index contributed by atoms with van der Waals surface area (Å²) in [5.74, 6) is 0. The summed E-state index contributed by atoms with van der Waals surface area (Å²) in [5.41, 5.74) is 7.00. The second-order valence-corrected chi connectivity index (χ2v) is 2.61. The molecular weight excluding hydrogens is 98.1 g/mol. The van der Waals surface area contributed by atoms with Crippen molar-refractivity contribution in [3.63, 3.8) is 0 Å². The van der Waals surface area contributed by atoms with Crippen molar-refractivity contribution in [2.24, 2.45) is 5.73 Å². The van der Waals surface area contributed by atoms with E-state index in [1.807, 2.05) is 0 Å². The highest BCUT2D eigenvalue weighted by Gasteiger charge is 2.09. The topological polar surface area (TPSA) is 26.0 Å². The summed E-state index contributed by atoms with van der Waals surface area (Å²) in [7, 11) is 0. The predicted octanol–water partition coefficient (Wildman–Crippen LogP) is 1.44. The van der Waals surface area contributed by atoms with Gasteiger partial charge in [0.15, 0.2) is 0 Å². The first-order valence-electron chi connectivity index (χ1n) is 3.21. The van der Waals surface area contributed by atoms with Gasteiger partial charge in [-0.2, -0.15) is 0 Å². The molecule has 0 saturated heterocycles. The van der Waals surface area contributed by atoms with Crippen LogP contribution in [-0.4, -0.2) is 6.04 Å². The highest BCUT2D eigenvalue weighted by molar-refractivity contribution is 5.00. The molecule has 1 aliphatic rings. The van der Waals surface area contributed by atoms with E-state index in [1.54, 1.807) is 0 Å². The van der Waals surface area contributed by atoms with Crippen molar-refractivity contribution < 1.29 is 0 Å². The third kappa shape index (κ3) is 1.34. The van der Waals surface area contributed by atoms with Crippen molar-refractivity contribution in [2.75, 3.05) is 0 Å². The average Bonchev–Trinajstić information content (AvgIpc) is 1.64. The van der Waals surface area contributed by atoms with Crippen molar-refractivity contribution in [2.45, 2.75) is 31.7 Å². The van der Waals surface area contributed by atoms with Gasteiger partial charge < -0.3 is 5.73 Å². The molecule has 1 fully saturated rings. The van der Waals surface area contributed by atoms with Gasteiger partial charge in [0.2, 0.25) is 0 Å². The van der Waals surface area contributed by atoms with Crippen molar-refractivity contribution in [3.05, 3.63) is 12.2 Å². The molecule has 1 heteroatoms. The highest BCUT2D eigenvalue weighted by atomic mass is 14.6. The van der Waals surface area contributed by atoms with Crippen LogP contribution in [0, 0.1) is 0 Å². The zero-order chi connectivity index (χ0) is 5.98. The van der Waals surface area contributed by atoms with Gasteiger partial charge in [0.05, 0.1) is 0 Å². The van der Waals surface area contributed by atoms with E-state index in [0.29, 0.717) is 6.04 Å². The first-order chi connectivity index (χ1) is 3.79. The quantitative estimate of drug-likeness (QED) is 0.470. The van der Waals surface area contributed by atoms with E-state index in [9.17, 15) is 0 Å². The first kappa shape index (κ1) is 5.83. The number of hydrogen-bond donors (Lipinski definition) is 1. The van der Waals surface area contributed by atoms with Gasteiger partial charge in [-0.15, -0.1) is 0 Å². The summed E-state index contributed by atoms with van der Waals surface area (Å²) in [6.07, 6.45) is 4.70. The molecule has 1 aliphatic carbocycles. The Labute approximate surface area is 50.6 Å². The van der Waals surface area contributed by atoms with E-state index in [-0.39, 0.29) is 0 Å². The Hall–Kier alpha value is -0.300. The molecule has 0 bridgehead atoms. The van der Waals surface area contributed by atoms with E-state index in [0.717, 1.165) is 6.42 Å². The molecule has 0 aliphatic heterocycles. The Morgan fingerprint density at radius 1 is 1.62 bits per heavy atom. The van der Waals surface area contributed by atoms with Crippen molar-refractivity contribution in [1.29, 1.82) is 0 Å². The smallest absolute Gasteiger partial charge is 0.00760 e. The van der Waals surface area contributed by atoms with Gasteiger partial charge in [-0.05, 0) is 25.7 Å². The summed E-state index contributed by atoms with van der Waals surface area (Å²) in [6, 6.07) is 0.413. The molecule has 0 radical (unpaired) electrons. The molecule has 2 N–H and O–H groups in total. The molecule has 1 saturated carbocycles. The van der Waals surface area contributed by atoms with Crippen LogP contribution in [-0.2, 0) is 0 Å². The zero-order valence-corrected chi connectivity index (χ0v) is 5.19. The van der Waals surface area contributed by atoms with Crippen molar-refractivity contribution in [1.82, 2.24) is 0 Å². The van der Waals surface area contributed by atoms with Crippen LogP contribution in [0.4, 0.5) is 0 Å². The molecule has 0 spiro atoms. The Balaban J connectivity index is 2.34. The largest absolute Gasteiger partial charge is 0.327 e. The minimum absolute atomic E-state index is 0.413. The molecule has 1 atom stereocenters. The monoisotopic (exact) mass is 111 g/mol. The summed E-state index contributed by atoms with van der Waals surface area (Å²) in [6.45, 7) is 3.88. The van der Waals surface area contributed by atoms with Crippen LogP contribution in [0.15, 0.2) is 12.2 Å². The Bertz CT molecular complexity index is 96.6. The van der Waals surface area contributed by atoms with Crippen molar-refractivity contribution in [3.8, 4) is 0 Å². The van der Waals surface area contributed by atoms with Crippen LogP contribution >= 0.6 is 0 Å². The van der Waals surface area contributed by atoms with Crippen molar-refractivity contribution >= 4 is 0 Å². The lowest BCUT2D eigenvalue weighted by molar-refractivity contribution is 0.519. The van der Waals surface area contributed by atoms with E-state index < -0.39 is 0 Å². The second-order valence-electron chi connectivity index (χ2n) is 2.61. The fourth-order valence-electron chi connectivity index (χ4n) is 1.19. The van der Waals surface area contributed by atoms with Crippen LogP contribution in [0.2, 0.25) is 0 Å². The molecule has 1 nitrogen and oxygen atoms in total. The van der Waals surface area contributed by atoms with E-state index in [2.05, 4.69) is 6.58 Å². The van der Waals surface area contributed by atoms with Gasteiger partial charge >= 0.3 is 0 Å². The number of nitrogens with two attached hydrogens (primary N) is 1. The maximum absolute atomic E-state index is 5.66. The van der Waals surface area contributed by atoms with Crippen LogP contribution in [0.1, 0.15) is 25.7 Å². The van der Waals surface area contributed by atoms with Gasteiger partial charge in [0.25, 0.3) is 0 Å². The van der Waals surface area contributed by atoms with Crippen LogP contribution in [0.5, 0.6) is 0 Å². The maximum atomic E-state index is 5.66. The van der Waals surface area contributed by atoms with Gasteiger partial charge in [-0.3, -0.25) is 0 Å². The summed E-state index contributed by atoms with van der Waals surface area (Å²) in [5, 5.41) is 0. The molecule has 0 heterocycles. The summed E-state index contributed by atoms with van der Waals surface area (Å²) >= 11 is 0. The molecule has 1 rings (SSSR count). The Morgan fingerprint density at radius 2 is 2.38 bits per heavy atom. The van der Waals surface area contributed by atoms with Gasteiger partial charge in [0.1, 0.15) is 0 Å². The molecule has 8 heavy (non-hydrogen) atoms. The average molecular weight is 111 g/mol. The molecular formula is C7H13N. The van der Waals surface area contributed by atoms with E-state index in [4.69, 9.17) is 5.73 Å². The lowest BCUT2D eigenvalue weighted by atomic mass is 9.93. The molecule has 0 aromatic carbocycles. The molecule has 46 valence electrons. The summed E-state index contributed by atoms with van der Waals surface area (Å²) in [4.78, 5) is 0. The molecule has 0 amide bonds. The zero-order valence-electron chi connectivity index (χ0n) is 5.19. The maximum Gasteiger partial charge on any atom is 0.00760 e. The minimum Gasteiger partial charge on any atom is -0.327 e. The fraction of sp³-hybridized carbons (Fsp3) is 0.714. The minimum atomic E-state index is 0.413. The molecule has 0 aromatic rings. The summed E-state index contributed by atoms with van der Waals surface area (Å²) < 4.78 is 0. The van der Waals surface area contributed by atoms with Gasteiger partial charge in [-0.1, -0.05) is 12.2 Å². The third-order valence-electron chi connectivity index (χ3n) is 1.66. The third-order valence-corrected chi connectivity index (χ3v) is 1.66. The predicted molar refractivity (Wildman–Crippen MR) is 35.6 cm³/mol. The Kier molecular flexibility index (Phi) is 1.69. The lowest BCUT2D eigenvalue weighted by Crippen LogP contribution is -2.23. The number of hydrogen-bond acceptors (Lipinski definition) is 1. The highest BCUT2D eigenvalue weighted by Crippen LogP contribution is 2.19. The fourth-order valence-corrected chi connectivity index (χ4v) is 1.19. The first-order valence-corrected chi connectivity index (χ1v) is 3.21.